The summed E-state index contributed by atoms with van der Waals surface area (Å²) in [5.74, 6) is 2.37. The summed E-state index contributed by atoms with van der Waals surface area (Å²) in [4.78, 5) is 4.19. The number of aromatic nitrogens is 1. The smallest absolute Gasteiger partial charge is 0.237 e. The molecule has 0 bridgehead atoms. The van der Waals surface area contributed by atoms with Crippen LogP contribution >= 0.6 is 0 Å². The Bertz CT molecular complexity index is 354. The van der Waals surface area contributed by atoms with E-state index in [1.807, 2.05) is 12.1 Å². The molecule has 0 amide bonds. The van der Waals surface area contributed by atoms with Crippen LogP contribution in [-0.4, -0.2) is 18.6 Å². The van der Waals surface area contributed by atoms with Gasteiger partial charge in [-0.1, -0.05) is 19.8 Å². The summed E-state index contributed by atoms with van der Waals surface area (Å²) < 4.78 is 5.23. The highest BCUT2D eigenvalue weighted by Crippen LogP contribution is 2.29. The Morgan fingerprint density at radius 1 is 1.47 bits per heavy atom. The molecule has 1 N–H and O–H groups in total. The lowest BCUT2D eigenvalue weighted by Gasteiger charge is -2.27. The molecule has 0 saturated heterocycles. The van der Waals surface area contributed by atoms with E-state index >= 15 is 0 Å². The van der Waals surface area contributed by atoms with Crippen molar-refractivity contribution in [2.75, 3.05) is 19.0 Å². The van der Waals surface area contributed by atoms with Crippen molar-refractivity contribution < 1.29 is 4.74 Å². The summed E-state index contributed by atoms with van der Waals surface area (Å²) in [5.41, 5.74) is 1.01. The predicted molar refractivity (Wildman–Crippen MR) is 70.4 cm³/mol. The van der Waals surface area contributed by atoms with Gasteiger partial charge in [0, 0.05) is 12.7 Å². The number of hydrogen-bond acceptors (Lipinski definition) is 3. The van der Waals surface area contributed by atoms with Crippen LogP contribution < -0.4 is 10.1 Å². The van der Waals surface area contributed by atoms with Crippen molar-refractivity contribution in [2.45, 2.75) is 32.6 Å². The minimum absolute atomic E-state index is 0.691. The zero-order valence-electron chi connectivity index (χ0n) is 10.8. The van der Waals surface area contributed by atoms with E-state index in [1.54, 1.807) is 13.3 Å². The first kappa shape index (κ1) is 12.2. The maximum Gasteiger partial charge on any atom is 0.237 e. The molecular formula is C14H22N2O. The lowest BCUT2D eigenvalue weighted by molar-refractivity contribution is 0.293. The molecule has 1 aromatic rings. The normalized spacial score (nSPS) is 24.4. The molecule has 0 aromatic carbocycles. The summed E-state index contributed by atoms with van der Waals surface area (Å²) >= 11 is 0. The van der Waals surface area contributed by atoms with Gasteiger partial charge in [-0.25, -0.2) is 4.98 Å². The van der Waals surface area contributed by atoms with Crippen LogP contribution in [0.15, 0.2) is 18.3 Å². The predicted octanol–water partition coefficient (Wildman–Crippen LogP) is 3.33. The Kier molecular flexibility index (Phi) is 4.24. The van der Waals surface area contributed by atoms with Gasteiger partial charge in [-0.3, -0.25) is 0 Å². The van der Waals surface area contributed by atoms with E-state index in [0.29, 0.717) is 5.88 Å². The number of nitrogens with one attached hydrogen (secondary N) is 1. The van der Waals surface area contributed by atoms with E-state index in [0.717, 1.165) is 24.1 Å². The standard InChI is InChI=1S/C14H22N2O/c1-11-5-3-6-12(9-11)10-16-13-7-4-8-15-14(13)17-2/h4,7-8,11-12,16H,3,5-6,9-10H2,1-2H3. The van der Waals surface area contributed by atoms with Crippen molar-refractivity contribution in [1.82, 2.24) is 4.98 Å². The second kappa shape index (κ2) is 5.89. The van der Waals surface area contributed by atoms with Gasteiger partial charge in [-0.2, -0.15) is 0 Å². The number of anilines is 1. The maximum absolute atomic E-state index is 5.23. The van der Waals surface area contributed by atoms with E-state index in [1.165, 1.54) is 25.7 Å². The van der Waals surface area contributed by atoms with Crippen LogP contribution in [0.1, 0.15) is 32.6 Å². The molecule has 0 aliphatic heterocycles. The van der Waals surface area contributed by atoms with Gasteiger partial charge < -0.3 is 10.1 Å². The third-order valence-corrected chi connectivity index (χ3v) is 3.59. The first-order chi connectivity index (χ1) is 8.29. The Morgan fingerprint density at radius 3 is 3.12 bits per heavy atom. The fourth-order valence-electron chi connectivity index (χ4n) is 2.69. The SMILES string of the molecule is COc1ncccc1NCC1CCCC(C)C1. The van der Waals surface area contributed by atoms with E-state index in [4.69, 9.17) is 4.74 Å². The molecule has 1 aromatic heterocycles. The van der Waals surface area contributed by atoms with Crippen molar-refractivity contribution in [2.24, 2.45) is 11.8 Å². The van der Waals surface area contributed by atoms with E-state index < -0.39 is 0 Å². The molecule has 1 aliphatic rings. The van der Waals surface area contributed by atoms with E-state index in [2.05, 4.69) is 17.2 Å². The Balaban J connectivity index is 1.88. The number of methoxy groups -OCH3 is 1. The molecule has 3 heteroatoms. The van der Waals surface area contributed by atoms with E-state index in [9.17, 15) is 0 Å². The van der Waals surface area contributed by atoms with Crippen LogP contribution in [0.3, 0.4) is 0 Å². The average Bonchev–Trinajstić information content (AvgIpc) is 2.37. The number of nitrogens with zero attached hydrogens (tertiary/aromatic N) is 1. The third kappa shape index (κ3) is 3.35. The molecule has 1 fully saturated rings. The molecule has 0 radical (unpaired) electrons. The van der Waals surface area contributed by atoms with Crippen molar-refractivity contribution in [3.05, 3.63) is 18.3 Å². The molecule has 17 heavy (non-hydrogen) atoms. The lowest BCUT2D eigenvalue weighted by Crippen LogP contribution is -2.21. The van der Waals surface area contributed by atoms with Gasteiger partial charge in [0.2, 0.25) is 5.88 Å². The molecule has 1 aliphatic carbocycles. The van der Waals surface area contributed by atoms with Crippen molar-refractivity contribution in [1.29, 1.82) is 0 Å². The second-order valence-corrected chi connectivity index (χ2v) is 5.08. The third-order valence-electron chi connectivity index (χ3n) is 3.59. The van der Waals surface area contributed by atoms with Crippen LogP contribution in [-0.2, 0) is 0 Å². The van der Waals surface area contributed by atoms with Crippen molar-refractivity contribution in [3.63, 3.8) is 0 Å². The second-order valence-electron chi connectivity index (χ2n) is 5.08. The summed E-state index contributed by atoms with van der Waals surface area (Å²) in [6, 6.07) is 3.96. The largest absolute Gasteiger partial charge is 0.480 e. The van der Waals surface area contributed by atoms with Crippen molar-refractivity contribution >= 4 is 5.69 Å². The number of pyridine rings is 1. The van der Waals surface area contributed by atoms with Gasteiger partial charge in [-0.15, -0.1) is 0 Å². The Labute approximate surface area is 104 Å². The van der Waals surface area contributed by atoms with E-state index in [-0.39, 0.29) is 0 Å². The quantitative estimate of drug-likeness (QED) is 0.867. The summed E-state index contributed by atoms with van der Waals surface area (Å²) in [7, 11) is 1.66. The zero-order chi connectivity index (χ0) is 12.1. The number of ether oxygens (including phenoxy) is 1. The van der Waals surface area contributed by atoms with Gasteiger partial charge in [0.25, 0.3) is 0 Å². The van der Waals surface area contributed by atoms with Crippen LogP contribution in [0.25, 0.3) is 0 Å². The highest BCUT2D eigenvalue weighted by molar-refractivity contribution is 5.51. The van der Waals surface area contributed by atoms with Gasteiger partial charge in [0.1, 0.15) is 0 Å². The van der Waals surface area contributed by atoms with Gasteiger partial charge in [-0.05, 0) is 36.8 Å². The van der Waals surface area contributed by atoms with Crippen LogP contribution in [0, 0.1) is 11.8 Å². The Hall–Kier alpha value is -1.25. The summed E-state index contributed by atoms with van der Waals surface area (Å²) in [5, 5.41) is 3.47. The molecule has 2 atom stereocenters. The average molecular weight is 234 g/mol. The topological polar surface area (TPSA) is 34.1 Å². The minimum atomic E-state index is 0.691. The minimum Gasteiger partial charge on any atom is -0.480 e. The van der Waals surface area contributed by atoms with Crippen LogP contribution in [0.5, 0.6) is 5.88 Å². The van der Waals surface area contributed by atoms with Gasteiger partial charge in [0.15, 0.2) is 0 Å². The molecule has 94 valence electrons. The lowest BCUT2D eigenvalue weighted by atomic mass is 9.82. The molecule has 3 nitrogen and oxygen atoms in total. The van der Waals surface area contributed by atoms with Crippen molar-refractivity contribution in [3.8, 4) is 5.88 Å². The summed E-state index contributed by atoms with van der Waals surface area (Å²) in [6.07, 6.45) is 7.21. The molecule has 1 heterocycles. The first-order valence-electron chi connectivity index (χ1n) is 6.52. The maximum atomic E-state index is 5.23. The van der Waals surface area contributed by atoms with Gasteiger partial charge in [0.05, 0.1) is 12.8 Å². The first-order valence-corrected chi connectivity index (χ1v) is 6.52. The molecule has 2 unspecified atom stereocenters. The zero-order valence-corrected chi connectivity index (χ0v) is 10.8. The number of rotatable bonds is 4. The molecule has 1 saturated carbocycles. The fourth-order valence-corrected chi connectivity index (χ4v) is 2.69. The fraction of sp³-hybridized carbons (Fsp3) is 0.643. The molecular weight excluding hydrogens is 212 g/mol. The highest BCUT2D eigenvalue weighted by Gasteiger charge is 2.18. The van der Waals surface area contributed by atoms with Crippen LogP contribution in [0.2, 0.25) is 0 Å². The monoisotopic (exact) mass is 234 g/mol. The Morgan fingerprint density at radius 2 is 2.35 bits per heavy atom. The molecule has 2 rings (SSSR count). The van der Waals surface area contributed by atoms with Crippen LogP contribution in [0.4, 0.5) is 5.69 Å². The highest BCUT2D eigenvalue weighted by atomic mass is 16.5. The molecule has 0 spiro atoms. The number of hydrogen-bond donors (Lipinski definition) is 1. The summed E-state index contributed by atoms with van der Waals surface area (Å²) in [6.45, 7) is 3.39. The van der Waals surface area contributed by atoms with Gasteiger partial charge >= 0.3 is 0 Å².